The molecule has 0 spiro atoms. The second-order valence-electron chi connectivity index (χ2n) is 11.0. The molecule has 2 N–H and O–H groups in total. The smallest absolute Gasteiger partial charge is 0.394 e. The lowest BCUT2D eigenvalue weighted by Crippen LogP contribution is -2.51. The SMILES string of the molecule is C=CCN1C[C@H](C(=O)OCCCC2CCOCC2)CC2c3cccc4c3c(cn4CCC)C[C@H]21.O=S(=O)(O)O. The average Bonchev–Trinajstić information content (AvgIpc) is 3.25. The van der Waals surface area contributed by atoms with Gasteiger partial charge in [0.1, 0.15) is 0 Å². The van der Waals surface area contributed by atoms with Crippen LogP contribution in [-0.4, -0.2) is 71.9 Å². The summed E-state index contributed by atoms with van der Waals surface area (Å²) in [5, 5.41) is 1.43. The zero-order valence-electron chi connectivity index (χ0n) is 22.8. The zero-order chi connectivity index (χ0) is 28.0. The Bertz CT molecular complexity index is 1230. The number of ether oxygens (including phenoxy) is 2. The van der Waals surface area contributed by atoms with Crippen LogP contribution in [0.15, 0.2) is 37.1 Å². The Balaban J connectivity index is 0.000000648. The molecule has 0 saturated carbocycles. The molecule has 3 atom stereocenters. The third kappa shape index (κ3) is 7.70. The topological polar surface area (TPSA) is 118 Å². The van der Waals surface area contributed by atoms with Crippen molar-refractivity contribution >= 4 is 27.3 Å². The van der Waals surface area contributed by atoms with Gasteiger partial charge >= 0.3 is 16.4 Å². The molecule has 1 aromatic carbocycles. The van der Waals surface area contributed by atoms with E-state index in [0.29, 0.717) is 18.6 Å². The molecular weight excluding hydrogens is 520 g/mol. The summed E-state index contributed by atoms with van der Waals surface area (Å²) in [5.41, 5.74) is 4.23. The van der Waals surface area contributed by atoms with Gasteiger partial charge in [-0.3, -0.25) is 18.8 Å². The van der Waals surface area contributed by atoms with Gasteiger partial charge in [-0.1, -0.05) is 25.1 Å². The van der Waals surface area contributed by atoms with E-state index in [1.807, 2.05) is 6.08 Å². The van der Waals surface area contributed by atoms with Crippen LogP contribution in [0.2, 0.25) is 0 Å². The summed E-state index contributed by atoms with van der Waals surface area (Å²) in [4.78, 5) is 15.6. The molecule has 1 aromatic heterocycles. The summed E-state index contributed by atoms with van der Waals surface area (Å²) in [6, 6.07) is 7.18. The maximum Gasteiger partial charge on any atom is 0.394 e. The molecule has 2 saturated heterocycles. The predicted octanol–water partition coefficient (Wildman–Crippen LogP) is 4.66. The average molecular weight is 563 g/mol. The van der Waals surface area contributed by atoms with Crippen LogP contribution in [0.25, 0.3) is 10.9 Å². The number of rotatable bonds is 9. The minimum absolute atomic E-state index is 0.0129. The summed E-state index contributed by atoms with van der Waals surface area (Å²) in [7, 11) is -4.67. The van der Waals surface area contributed by atoms with Crippen molar-refractivity contribution < 1.29 is 31.8 Å². The molecule has 39 heavy (non-hydrogen) atoms. The molecule has 0 radical (unpaired) electrons. The van der Waals surface area contributed by atoms with Crippen LogP contribution in [0.3, 0.4) is 0 Å². The largest absolute Gasteiger partial charge is 0.465 e. The summed E-state index contributed by atoms with van der Waals surface area (Å²) in [5.74, 6) is 1.00. The number of carbonyl (C=O) groups is 1. The first kappa shape index (κ1) is 29.7. The van der Waals surface area contributed by atoms with Gasteiger partial charge in [-0.05, 0) is 68.1 Å². The number of aryl methyl sites for hydroxylation is 1. The number of likely N-dealkylation sites (tertiary alicyclic amines) is 1. The predicted molar refractivity (Wildman–Crippen MR) is 150 cm³/mol. The Hall–Kier alpha value is -2.24. The van der Waals surface area contributed by atoms with E-state index in [0.717, 1.165) is 83.7 Å². The highest BCUT2D eigenvalue weighted by atomic mass is 32.3. The summed E-state index contributed by atoms with van der Waals surface area (Å²) in [6.45, 7) is 11.2. The number of nitrogens with zero attached hydrogens (tertiary/aromatic N) is 2. The molecular formula is C29H42N2O7S. The van der Waals surface area contributed by atoms with E-state index in [1.54, 1.807) is 0 Å². The molecule has 0 amide bonds. The van der Waals surface area contributed by atoms with E-state index in [-0.39, 0.29) is 11.9 Å². The molecule has 2 aromatic rings. The lowest BCUT2D eigenvalue weighted by Gasteiger charge is -2.46. The van der Waals surface area contributed by atoms with Crippen molar-refractivity contribution in [3.8, 4) is 0 Å². The minimum Gasteiger partial charge on any atom is -0.465 e. The molecule has 2 fully saturated rings. The van der Waals surface area contributed by atoms with Crippen LogP contribution >= 0.6 is 0 Å². The van der Waals surface area contributed by atoms with Crippen molar-refractivity contribution in [2.75, 3.05) is 32.9 Å². The van der Waals surface area contributed by atoms with E-state index in [9.17, 15) is 4.79 Å². The van der Waals surface area contributed by atoms with Crippen LogP contribution in [0.1, 0.15) is 62.5 Å². The van der Waals surface area contributed by atoms with Crippen molar-refractivity contribution in [2.45, 2.75) is 70.4 Å². The second kappa shape index (κ2) is 13.4. The van der Waals surface area contributed by atoms with E-state index in [2.05, 4.69) is 47.4 Å². The monoisotopic (exact) mass is 562 g/mol. The van der Waals surface area contributed by atoms with Crippen LogP contribution < -0.4 is 0 Å². The van der Waals surface area contributed by atoms with Gasteiger partial charge < -0.3 is 14.0 Å². The fourth-order valence-corrected chi connectivity index (χ4v) is 6.64. The van der Waals surface area contributed by atoms with Gasteiger partial charge in [0.2, 0.25) is 0 Å². The molecule has 5 rings (SSSR count). The zero-order valence-corrected chi connectivity index (χ0v) is 23.7. The Labute approximate surface area is 231 Å². The molecule has 3 aliphatic rings. The highest BCUT2D eigenvalue weighted by Crippen LogP contribution is 2.45. The second-order valence-corrected chi connectivity index (χ2v) is 11.9. The first-order valence-electron chi connectivity index (χ1n) is 14.1. The van der Waals surface area contributed by atoms with Gasteiger partial charge in [-0.25, -0.2) is 0 Å². The normalized spacial score (nSPS) is 23.5. The van der Waals surface area contributed by atoms with Crippen LogP contribution in [0.5, 0.6) is 0 Å². The number of hydrogen-bond acceptors (Lipinski definition) is 6. The van der Waals surface area contributed by atoms with Gasteiger partial charge in [0, 0.05) is 61.9 Å². The highest BCUT2D eigenvalue weighted by molar-refractivity contribution is 7.79. The third-order valence-electron chi connectivity index (χ3n) is 8.28. The number of aromatic nitrogens is 1. The highest BCUT2D eigenvalue weighted by Gasteiger charge is 2.43. The summed E-state index contributed by atoms with van der Waals surface area (Å²) >= 11 is 0. The number of benzene rings is 1. The number of carbonyl (C=O) groups excluding carboxylic acids is 1. The number of esters is 1. The Morgan fingerprint density at radius 1 is 1.26 bits per heavy atom. The molecule has 1 aliphatic carbocycles. The van der Waals surface area contributed by atoms with Crippen molar-refractivity contribution in [3.05, 3.63) is 48.2 Å². The van der Waals surface area contributed by atoms with E-state index >= 15 is 0 Å². The molecule has 3 heterocycles. The Kier molecular flexibility index (Phi) is 10.2. The van der Waals surface area contributed by atoms with E-state index in [1.165, 1.54) is 22.0 Å². The van der Waals surface area contributed by atoms with Gasteiger partial charge in [-0.15, -0.1) is 6.58 Å². The lowest BCUT2D eigenvalue weighted by molar-refractivity contribution is -0.151. The van der Waals surface area contributed by atoms with Gasteiger partial charge in [0.15, 0.2) is 0 Å². The molecule has 10 heteroatoms. The fourth-order valence-electron chi connectivity index (χ4n) is 6.64. The van der Waals surface area contributed by atoms with Crippen molar-refractivity contribution in [3.63, 3.8) is 0 Å². The van der Waals surface area contributed by atoms with E-state index < -0.39 is 10.4 Å². The molecule has 1 unspecified atom stereocenters. The van der Waals surface area contributed by atoms with Gasteiger partial charge in [-0.2, -0.15) is 8.42 Å². The third-order valence-corrected chi connectivity index (χ3v) is 8.28. The molecule has 2 aliphatic heterocycles. The van der Waals surface area contributed by atoms with Crippen molar-refractivity contribution in [1.82, 2.24) is 9.47 Å². The maximum atomic E-state index is 13.2. The minimum atomic E-state index is -4.67. The first-order valence-corrected chi connectivity index (χ1v) is 15.5. The fraction of sp³-hybridized carbons (Fsp3) is 0.621. The molecule has 0 bridgehead atoms. The van der Waals surface area contributed by atoms with Crippen molar-refractivity contribution in [1.29, 1.82) is 0 Å². The lowest BCUT2D eigenvalue weighted by atomic mass is 9.72. The molecule has 9 nitrogen and oxygen atoms in total. The quantitative estimate of drug-likeness (QED) is 0.196. The Morgan fingerprint density at radius 2 is 2.00 bits per heavy atom. The number of hydrogen-bond donors (Lipinski definition) is 2. The van der Waals surface area contributed by atoms with Crippen LogP contribution in [0.4, 0.5) is 0 Å². The molecule has 216 valence electrons. The maximum absolute atomic E-state index is 13.2. The van der Waals surface area contributed by atoms with Crippen molar-refractivity contribution in [2.24, 2.45) is 11.8 Å². The first-order chi connectivity index (χ1) is 18.7. The number of piperidine rings is 1. The summed E-state index contributed by atoms with van der Waals surface area (Å²) in [6.07, 6.45) is 11.8. The Morgan fingerprint density at radius 3 is 2.69 bits per heavy atom. The van der Waals surface area contributed by atoms with Crippen LogP contribution in [0, 0.1) is 11.8 Å². The standard InChI is InChI=1S/C29H40N2O3.H2O4S/c1-3-12-30-19-22-18-27-25(24-8-5-9-26(30)28(22)24)17-23(20-31(27)13-4-2)29(32)34-14-6-7-21-10-15-33-16-11-21;1-5(2,3)4/h4-5,8-9,19,21,23,25,27H,2-3,6-7,10-18,20H2,1H3;(H2,1,2,3,4)/t23-,25?,27-;/m1./s1. The van der Waals surface area contributed by atoms with Crippen LogP contribution in [-0.2, 0) is 37.6 Å². The van der Waals surface area contributed by atoms with Gasteiger partial charge in [0.25, 0.3) is 0 Å². The van der Waals surface area contributed by atoms with Gasteiger partial charge in [0.05, 0.1) is 12.5 Å². The summed E-state index contributed by atoms with van der Waals surface area (Å²) < 4.78 is 45.3. The van der Waals surface area contributed by atoms with E-state index in [4.69, 9.17) is 27.0 Å². The number of fused-ring (bicyclic) bond motifs is 2.